The molecule has 2 aliphatic heterocycles. The maximum Gasteiger partial charge on any atom is 0.220 e. The van der Waals surface area contributed by atoms with Gasteiger partial charge in [0.2, 0.25) is 5.91 Å². The third-order valence-corrected chi connectivity index (χ3v) is 3.76. The minimum atomic E-state index is 0.260. The summed E-state index contributed by atoms with van der Waals surface area (Å²) in [5.41, 5.74) is 0. The van der Waals surface area contributed by atoms with Gasteiger partial charge >= 0.3 is 0 Å². The maximum absolute atomic E-state index is 11.6. The summed E-state index contributed by atoms with van der Waals surface area (Å²) in [6.45, 7) is 4.24. The molecule has 2 atom stereocenters. The summed E-state index contributed by atoms with van der Waals surface area (Å²) >= 11 is 0. The first kappa shape index (κ1) is 8.68. The molecule has 0 aromatic carbocycles. The van der Waals surface area contributed by atoms with E-state index >= 15 is 0 Å². The van der Waals surface area contributed by atoms with E-state index in [1.807, 2.05) is 0 Å². The highest BCUT2D eigenvalue weighted by molar-refractivity contribution is 5.77. The lowest BCUT2D eigenvalue weighted by Gasteiger charge is -2.26. The first-order chi connectivity index (χ1) is 6.84. The third kappa shape index (κ3) is 1.42. The largest absolute Gasteiger partial charge is 0.353 e. The van der Waals surface area contributed by atoms with Gasteiger partial charge in [-0.25, -0.2) is 0 Å². The molecule has 0 radical (unpaired) electrons. The molecule has 3 rings (SSSR count). The molecule has 1 aliphatic carbocycles. The fraction of sp³-hybridized carbons (Fsp3) is 0.900. The van der Waals surface area contributed by atoms with Crippen molar-refractivity contribution in [2.45, 2.75) is 12.5 Å². The number of hydrogen-bond donors (Lipinski definition) is 3. The molecule has 1 saturated carbocycles. The Labute approximate surface area is 83.8 Å². The van der Waals surface area contributed by atoms with Crippen molar-refractivity contribution < 1.29 is 4.79 Å². The van der Waals surface area contributed by atoms with Crippen LogP contribution in [-0.4, -0.2) is 38.1 Å². The van der Waals surface area contributed by atoms with Crippen LogP contribution in [0.5, 0.6) is 0 Å². The predicted molar refractivity (Wildman–Crippen MR) is 52.8 cm³/mol. The van der Waals surface area contributed by atoms with Gasteiger partial charge in [0.25, 0.3) is 0 Å². The normalized spacial score (nSPS) is 40.1. The van der Waals surface area contributed by atoms with Gasteiger partial charge < -0.3 is 16.0 Å². The molecule has 4 heteroatoms. The lowest BCUT2D eigenvalue weighted by molar-refractivity contribution is -0.122. The topological polar surface area (TPSA) is 53.2 Å². The van der Waals surface area contributed by atoms with E-state index in [1.54, 1.807) is 0 Å². The van der Waals surface area contributed by atoms with E-state index in [2.05, 4.69) is 16.0 Å². The van der Waals surface area contributed by atoms with Crippen LogP contribution in [0.15, 0.2) is 0 Å². The Balaban J connectivity index is 1.42. The number of carbonyl (C=O) groups excluding carboxylic acids is 1. The van der Waals surface area contributed by atoms with E-state index in [0.29, 0.717) is 12.0 Å². The lowest BCUT2D eigenvalue weighted by Crippen LogP contribution is -2.45. The summed E-state index contributed by atoms with van der Waals surface area (Å²) in [6, 6.07) is 0.497. The zero-order valence-corrected chi connectivity index (χ0v) is 8.25. The summed E-state index contributed by atoms with van der Waals surface area (Å²) in [6.07, 6.45) is 0.719. The number of amides is 1. The predicted octanol–water partition coefficient (Wildman–Crippen LogP) is -1.07. The first-order valence-electron chi connectivity index (χ1n) is 5.55. The smallest absolute Gasteiger partial charge is 0.220 e. The molecule has 4 nitrogen and oxygen atoms in total. The molecule has 2 saturated heterocycles. The average Bonchev–Trinajstić information content (AvgIpc) is 2.61. The fourth-order valence-electron chi connectivity index (χ4n) is 2.63. The van der Waals surface area contributed by atoms with Crippen molar-refractivity contribution in [1.82, 2.24) is 16.0 Å². The summed E-state index contributed by atoms with van der Waals surface area (Å²) < 4.78 is 0. The number of nitrogens with one attached hydrogen (secondary N) is 3. The molecule has 14 heavy (non-hydrogen) atoms. The molecule has 3 fully saturated rings. The molecular formula is C10H17N3O. The van der Waals surface area contributed by atoms with Crippen molar-refractivity contribution in [3.05, 3.63) is 0 Å². The van der Waals surface area contributed by atoms with Crippen molar-refractivity contribution in [3.8, 4) is 0 Å². The standard InChI is InChI=1S/C10H17N3O/c14-9(1-6-2-11-3-6)13-10-7-4-12-5-8(7)10/h6-8,10-12H,1-5H2,(H,13,14). The molecule has 0 aromatic rings. The van der Waals surface area contributed by atoms with Gasteiger partial charge in [-0.05, 0) is 30.8 Å². The van der Waals surface area contributed by atoms with Crippen LogP contribution in [0.2, 0.25) is 0 Å². The minimum Gasteiger partial charge on any atom is -0.353 e. The summed E-state index contributed by atoms with van der Waals surface area (Å²) in [5, 5.41) is 9.66. The third-order valence-electron chi connectivity index (χ3n) is 3.76. The van der Waals surface area contributed by atoms with Crippen LogP contribution >= 0.6 is 0 Å². The number of rotatable bonds is 3. The Bertz CT molecular complexity index is 242. The molecule has 0 spiro atoms. The molecule has 0 aromatic heterocycles. The van der Waals surface area contributed by atoms with Crippen molar-refractivity contribution in [3.63, 3.8) is 0 Å². The zero-order valence-electron chi connectivity index (χ0n) is 8.25. The number of carbonyl (C=O) groups is 1. The molecule has 1 amide bonds. The second-order valence-corrected chi connectivity index (χ2v) is 4.81. The van der Waals surface area contributed by atoms with Gasteiger partial charge in [0, 0.05) is 25.6 Å². The molecular weight excluding hydrogens is 178 g/mol. The highest BCUT2D eigenvalue weighted by Gasteiger charge is 2.53. The number of fused-ring (bicyclic) bond motifs is 1. The summed E-state index contributed by atoms with van der Waals surface area (Å²) in [5.74, 6) is 2.32. The highest BCUT2D eigenvalue weighted by atomic mass is 16.1. The quantitative estimate of drug-likeness (QED) is 0.537. The highest BCUT2D eigenvalue weighted by Crippen LogP contribution is 2.41. The maximum atomic E-state index is 11.6. The van der Waals surface area contributed by atoms with Crippen molar-refractivity contribution >= 4 is 5.91 Å². The van der Waals surface area contributed by atoms with Gasteiger partial charge in [-0.15, -0.1) is 0 Å². The van der Waals surface area contributed by atoms with Crippen LogP contribution in [0, 0.1) is 17.8 Å². The SMILES string of the molecule is O=C(CC1CNC1)NC1C2CNCC21. The molecule has 0 bridgehead atoms. The van der Waals surface area contributed by atoms with Gasteiger partial charge in [-0.3, -0.25) is 4.79 Å². The summed E-state index contributed by atoms with van der Waals surface area (Å²) in [4.78, 5) is 11.6. The molecule has 3 aliphatic rings. The Hall–Kier alpha value is -0.610. The van der Waals surface area contributed by atoms with E-state index in [9.17, 15) is 4.79 Å². The molecule has 3 N–H and O–H groups in total. The van der Waals surface area contributed by atoms with Crippen LogP contribution in [-0.2, 0) is 4.79 Å². The Kier molecular flexibility index (Phi) is 1.99. The molecule has 78 valence electrons. The zero-order chi connectivity index (χ0) is 9.54. The van der Waals surface area contributed by atoms with E-state index < -0.39 is 0 Å². The van der Waals surface area contributed by atoms with Crippen LogP contribution in [0.25, 0.3) is 0 Å². The van der Waals surface area contributed by atoms with Gasteiger partial charge in [-0.2, -0.15) is 0 Å². The Morgan fingerprint density at radius 3 is 2.36 bits per heavy atom. The minimum absolute atomic E-state index is 0.260. The summed E-state index contributed by atoms with van der Waals surface area (Å²) in [7, 11) is 0. The second-order valence-electron chi connectivity index (χ2n) is 4.81. The monoisotopic (exact) mass is 195 g/mol. The average molecular weight is 195 g/mol. The van der Waals surface area contributed by atoms with Crippen molar-refractivity contribution in [2.75, 3.05) is 26.2 Å². The number of hydrogen-bond acceptors (Lipinski definition) is 3. The van der Waals surface area contributed by atoms with Gasteiger partial charge in [0.15, 0.2) is 0 Å². The van der Waals surface area contributed by atoms with Crippen molar-refractivity contribution in [2.24, 2.45) is 17.8 Å². The second kappa shape index (κ2) is 3.21. The van der Waals surface area contributed by atoms with E-state index in [4.69, 9.17) is 0 Å². The van der Waals surface area contributed by atoms with Crippen LogP contribution < -0.4 is 16.0 Å². The molecule has 2 heterocycles. The Morgan fingerprint density at radius 1 is 1.14 bits per heavy atom. The van der Waals surface area contributed by atoms with E-state index in [1.165, 1.54) is 0 Å². The number of piperidine rings is 1. The van der Waals surface area contributed by atoms with Crippen LogP contribution in [0.3, 0.4) is 0 Å². The van der Waals surface area contributed by atoms with Crippen molar-refractivity contribution in [1.29, 1.82) is 0 Å². The van der Waals surface area contributed by atoms with E-state index in [-0.39, 0.29) is 5.91 Å². The van der Waals surface area contributed by atoms with Crippen LogP contribution in [0.1, 0.15) is 6.42 Å². The Morgan fingerprint density at radius 2 is 1.79 bits per heavy atom. The first-order valence-corrected chi connectivity index (χ1v) is 5.55. The van der Waals surface area contributed by atoms with Gasteiger partial charge in [0.1, 0.15) is 0 Å². The van der Waals surface area contributed by atoms with Gasteiger partial charge in [-0.1, -0.05) is 0 Å². The van der Waals surface area contributed by atoms with Gasteiger partial charge in [0.05, 0.1) is 0 Å². The fourth-order valence-corrected chi connectivity index (χ4v) is 2.63. The molecule has 2 unspecified atom stereocenters. The van der Waals surface area contributed by atoms with E-state index in [0.717, 1.165) is 44.4 Å². The lowest BCUT2D eigenvalue weighted by atomic mass is 9.99. The van der Waals surface area contributed by atoms with Crippen LogP contribution in [0.4, 0.5) is 0 Å².